The van der Waals surface area contributed by atoms with E-state index in [0.717, 1.165) is 17.1 Å². The first-order chi connectivity index (χ1) is 14.1. The fourth-order valence-electron chi connectivity index (χ4n) is 3.22. The molecule has 2 aromatic carbocycles. The average molecular weight is 428 g/mol. The number of halogens is 2. The van der Waals surface area contributed by atoms with Crippen molar-refractivity contribution in [3.63, 3.8) is 0 Å². The highest BCUT2D eigenvalue weighted by Gasteiger charge is 2.22. The molecule has 2 heterocycles. The lowest BCUT2D eigenvalue weighted by Gasteiger charge is -2.35. The smallest absolute Gasteiger partial charge is 0.321 e. The Labute approximate surface area is 179 Å². The molecule has 4 rings (SSSR count). The summed E-state index contributed by atoms with van der Waals surface area (Å²) in [5.41, 5.74) is 2.46. The minimum absolute atomic E-state index is 0.173. The van der Waals surface area contributed by atoms with Gasteiger partial charge in [0.25, 0.3) is 0 Å². The molecule has 148 valence electrons. The van der Waals surface area contributed by atoms with E-state index in [4.69, 9.17) is 23.2 Å². The van der Waals surface area contributed by atoms with Crippen LogP contribution in [0.15, 0.2) is 60.7 Å². The molecule has 0 saturated carbocycles. The van der Waals surface area contributed by atoms with Gasteiger partial charge in [0.15, 0.2) is 5.82 Å². The largest absolute Gasteiger partial charge is 0.352 e. The summed E-state index contributed by atoms with van der Waals surface area (Å²) in [5, 5.41) is 12.5. The first-order valence-corrected chi connectivity index (χ1v) is 10.0. The van der Waals surface area contributed by atoms with E-state index < -0.39 is 0 Å². The molecular weight excluding hydrogens is 409 g/mol. The Morgan fingerprint density at radius 3 is 2.17 bits per heavy atom. The first kappa shape index (κ1) is 19.5. The monoisotopic (exact) mass is 427 g/mol. The molecule has 3 aromatic rings. The van der Waals surface area contributed by atoms with Gasteiger partial charge in [-0.15, -0.1) is 10.2 Å². The van der Waals surface area contributed by atoms with Crippen molar-refractivity contribution in [3.05, 3.63) is 70.7 Å². The predicted octanol–water partition coefficient (Wildman–Crippen LogP) is 4.80. The minimum atomic E-state index is -0.173. The fraction of sp³-hybridized carbons (Fsp3) is 0.190. The van der Waals surface area contributed by atoms with Gasteiger partial charge in [-0.05, 0) is 30.3 Å². The summed E-state index contributed by atoms with van der Waals surface area (Å²) in [6, 6.07) is 18.7. The number of anilines is 2. The number of hydrogen-bond acceptors (Lipinski definition) is 4. The number of hydrogen-bond donors (Lipinski definition) is 1. The third-order valence-electron chi connectivity index (χ3n) is 4.72. The average Bonchev–Trinajstić information content (AvgIpc) is 2.74. The summed E-state index contributed by atoms with van der Waals surface area (Å²) >= 11 is 12.0. The van der Waals surface area contributed by atoms with Crippen molar-refractivity contribution < 1.29 is 4.79 Å². The van der Waals surface area contributed by atoms with E-state index in [2.05, 4.69) is 20.4 Å². The van der Waals surface area contributed by atoms with Crippen molar-refractivity contribution in [2.24, 2.45) is 0 Å². The summed E-state index contributed by atoms with van der Waals surface area (Å²) < 4.78 is 0. The van der Waals surface area contributed by atoms with Crippen LogP contribution in [0.3, 0.4) is 0 Å². The molecular formula is C21H19Cl2N5O. The molecule has 0 spiro atoms. The topological polar surface area (TPSA) is 61.4 Å². The number of amides is 2. The third kappa shape index (κ3) is 4.78. The van der Waals surface area contributed by atoms with Gasteiger partial charge in [0.05, 0.1) is 5.69 Å². The van der Waals surface area contributed by atoms with Crippen molar-refractivity contribution in [2.75, 3.05) is 36.4 Å². The number of carbonyl (C=O) groups excluding carboxylic acids is 1. The molecule has 29 heavy (non-hydrogen) atoms. The van der Waals surface area contributed by atoms with Crippen LogP contribution in [0.5, 0.6) is 0 Å². The van der Waals surface area contributed by atoms with Crippen molar-refractivity contribution in [2.45, 2.75) is 0 Å². The zero-order chi connectivity index (χ0) is 20.2. The summed E-state index contributed by atoms with van der Waals surface area (Å²) in [6.07, 6.45) is 0. The number of nitrogens with one attached hydrogen (secondary N) is 1. The Balaban J connectivity index is 1.35. The molecule has 1 aromatic heterocycles. The molecule has 1 N–H and O–H groups in total. The lowest BCUT2D eigenvalue weighted by atomic mass is 10.1. The maximum Gasteiger partial charge on any atom is 0.321 e. The summed E-state index contributed by atoms with van der Waals surface area (Å²) in [6.45, 7) is 2.54. The minimum Gasteiger partial charge on any atom is -0.352 e. The Kier molecular flexibility index (Phi) is 5.83. The molecule has 0 radical (unpaired) electrons. The second-order valence-electron chi connectivity index (χ2n) is 6.71. The van der Waals surface area contributed by atoms with Crippen molar-refractivity contribution in [1.29, 1.82) is 0 Å². The van der Waals surface area contributed by atoms with Gasteiger partial charge in [0.2, 0.25) is 0 Å². The molecule has 1 saturated heterocycles. The molecule has 6 nitrogen and oxygen atoms in total. The molecule has 0 atom stereocenters. The van der Waals surface area contributed by atoms with Gasteiger partial charge < -0.3 is 15.1 Å². The van der Waals surface area contributed by atoms with Crippen LogP contribution < -0.4 is 10.2 Å². The molecule has 0 bridgehead atoms. The van der Waals surface area contributed by atoms with Gasteiger partial charge in [0, 0.05) is 47.5 Å². The number of carbonyl (C=O) groups is 1. The number of piperazine rings is 1. The normalized spacial score (nSPS) is 14.0. The van der Waals surface area contributed by atoms with Crippen LogP contribution in [0.1, 0.15) is 0 Å². The van der Waals surface area contributed by atoms with E-state index in [9.17, 15) is 4.79 Å². The van der Waals surface area contributed by atoms with Gasteiger partial charge in [0.1, 0.15) is 0 Å². The van der Waals surface area contributed by atoms with Gasteiger partial charge in [-0.2, -0.15) is 0 Å². The lowest BCUT2D eigenvalue weighted by Crippen LogP contribution is -2.50. The molecule has 1 aliphatic rings. The highest BCUT2D eigenvalue weighted by molar-refractivity contribution is 6.35. The molecule has 1 aliphatic heterocycles. The van der Waals surface area contributed by atoms with E-state index in [-0.39, 0.29) is 6.03 Å². The van der Waals surface area contributed by atoms with Crippen LogP contribution in [-0.2, 0) is 0 Å². The Bertz CT molecular complexity index is 969. The standard InChI is InChI=1S/C21H19Cl2N5O/c22-16-12-17(23)14-18(13-16)24-21(29)28-10-8-27(9-11-28)20-7-6-19(25-26-20)15-4-2-1-3-5-15/h1-7,12-14H,8-11H2,(H,24,29). The Morgan fingerprint density at radius 1 is 0.862 bits per heavy atom. The molecule has 8 heteroatoms. The lowest BCUT2D eigenvalue weighted by molar-refractivity contribution is 0.208. The summed E-state index contributed by atoms with van der Waals surface area (Å²) in [7, 11) is 0. The van der Waals surface area contributed by atoms with Crippen LogP contribution in [0.2, 0.25) is 10.0 Å². The second kappa shape index (κ2) is 8.68. The zero-order valence-corrected chi connectivity index (χ0v) is 17.1. The third-order valence-corrected chi connectivity index (χ3v) is 5.16. The summed E-state index contributed by atoms with van der Waals surface area (Å²) in [5.74, 6) is 0.811. The highest BCUT2D eigenvalue weighted by atomic mass is 35.5. The Hall–Kier alpha value is -2.83. The SMILES string of the molecule is O=C(Nc1cc(Cl)cc(Cl)c1)N1CCN(c2ccc(-c3ccccc3)nn2)CC1. The maximum atomic E-state index is 12.5. The predicted molar refractivity (Wildman–Crippen MR) is 117 cm³/mol. The van der Waals surface area contributed by atoms with E-state index in [1.54, 1.807) is 23.1 Å². The highest BCUT2D eigenvalue weighted by Crippen LogP contribution is 2.23. The van der Waals surface area contributed by atoms with Crippen LogP contribution in [0.25, 0.3) is 11.3 Å². The van der Waals surface area contributed by atoms with Gasteiger partial charge >= 0.3 is 6.03 Å². The fourth-order valence-corrected chi connectivity index (χ4v) is 3.75. The van der Waals surface area contributed by atoms with Gasteiger partial charge in [-0.3, -0.25) is 0 Å². The van der Waals surface area contributed by atoms with Crippen LogP contribution in [0, 0.1) is 0 Å². The molecule has 0 aliphatic carbocycles. The van der Waals surface area contributed by atoms with E-state index in [1.807, 2.05) is 42.5 Å². The zero-order valence-electron chi connectivity index (χ0n) is 15.6. The van der Waals surface area contributed by atoms with Crippen LogP contribution in [0.4, 0.5) is 16.3 Å². The van der Waals surface area contributed by atoms with Crippen LogP contribution >= 0.6 is 23.2 Å². The van der Waals surface area contributed by atoms with Crippen molar-refractivity contribution >= 4 is 40.7 Å². The number of rotatable bonds is 3. The van der Waals surface area contributed by atoms with E-state index in [0.29, 0.717) is 41.9 Å². The van der Waals surface area contributed by atoms with E-state index in [1.165, 1.54) is 0 Å². The molecule has 0 unspecified atom stereocenters. The van der Waals surface area contributed by atoms with Gasteiger partial charge in [-0.1, -0.05) is 53.5 Å². The second-order valence-corrected chi connectivity index (χ2v) is 7.58. The van der Waals surface area contributed by atoms with Crippen molar-refractivity contribution in [1.82, 2.24) is 15.1 Å². The number of benzene rings is 2. The van der Waals surface area contributed by atoms with Gasteiger partial charge in [-0.25, -0.2) is 4.79 Å². The molecule has 2 amide bonds. The number of aromatic nitrogens is 2. The van der Waals surface area contributed by atoms with E-state index >= 15 is 0 Å². The quantitative estimate of drug-likeness (QED) is 0.651. The van der Waals surface area contributed by atoms with Crippen LogP contribution in [-0.4, -0.2) is 47.3 Å². The van der Waals surface area contributed by atoms with Crippen molar-refractivity contribution in [3.8, 4) is 11.3 Å². The first-order valence-electron chi connectivity index (χ1n) is 9.24. The Morgan fingerprint density at radius 2 is 1.55 bits per heavy atom. The molecule has 1 fully saturated rings. The number of urea groups is 1. The maximum absolute atomic E-state index is 12.5. The number of nitrogens with zero attached hydrogens (tertiary/aromatic N) is 4. The summed E-state index contributed by atoms with van der Waals surface area (Å²) in [4.78, 5) is 16.4.